The topological polar surface area (TPSA) is 55.1 Å². The molecule has 24 heavy (non-hydrogen) atoms. The fraction of sp³-hybridized carbons (Fsp3) is 0.235. The minimum atomic E-state index is -0.242. The van der Waals surface area contributed by atoms with Crippen molar-refractivity contribution in [3.63, 3.8) is 0 Å². The van der Waals surface area contributed by atoms with Crippen LogP contribution in [0.2, 0.25) is 0 Å². The number of benzene rings is 1. The summed E-state index contributed by atoms with van der Waals surface area (Å²) >= 11 is 3.22. The van der Waals surface area contributed by atoms with Crippen LogP contribution >= 0.6 is 15.9 Å². The summed E-state index contributed by atoms with van der Waals surface area (Å²) in [7, 11) is 0. The molecule has 0 spiro atoms. The summed E-state index contributed by atoms with van der Waals surface area (Å²) in [6.45, 7) is 2.48. The lowest BCUT2D eigenvalue weighted by atomic mass is 9.99. The Morgan fingerprint density at radius 3 is 2.92 bits per heavy atom. The highest BCUT2D eigenvalue weighted by Crippen LogP contribution is 2.29. The van der Waals surface area contributed by atoms with E-state index in [4.69, 9.17) is 4.52 Å². The monoisotopic (exact) mass is 388 g/mol. The van der Waals surface area contributed by atoms with Crippen molar-refractivity contribution in [1.29, 1.82) is 0 Å². The maximum absolute atomic E-state index is 13.3. The first-order valence-electron chi connectivity index (χ1n) is 7.59. The zero-order valence-corrected chi connectivity index (χ0v) is 14.3. The molecule has 4 rings (SSSR count). The normalized spacial score (nSPS) is 15.4. The predicted octanol–water partition coefficient (Wildman–Crippen LogP) is 3.63. The number of nitrogens with zero attached hydrogens (tertiary/aromatic N) is 4. The van der Waals surface area contributed by atoms with Crippen LogP contribution in [0.1, 0.15) is 17.4 Å². The summed E-state index contributed by atoms with van der Waals surface area (Å²) in [6.07, 6.45) is 3.43. The third-order valence-electron chi connectivity index (χ3n) is 4.06. The van der Waals surface area contributed by atoms with Gasteiger partial charge in [0.2, 0.25) is 11.7 Å². The molecule has 3 aromatic rings. The van der Waals surface area contributed by atoms with Crippen molar-refractivity contribution in [3.05, 3.63) is 64.5 Å². The quantitative estimate of drug-likeness (QED) is 0.682. The van der Waals surface area contributed by atoms with E-state index in [1.807, 2.05) is 18.2 Å². The Morgan fingerprint density at radius 2 is 2.17 bits per heavy atom. The summed E-state index contributed by atoms with van der Waals surface area (Å²) in [5.41, 5.74) is 1.92. The molecule has 0 aliphatic carbocycles. The number of rotatable bonds is 4. The lowest BCUT2D eigenvalue weighted by Crippen LogP contribution is -2.44. The molecule has 0 saturated carbocycles. The van der Waals surface area contributed by atoms with E-state index < -0.39 is 0 Å². The SMILES string of the molecule is Fc1ccc(CN2CC(c3nc(-c4cccnc4)no3)C2)cc1Br. The Morgan fingerprint density at radius 1 is 1.29 bits per heavy atom. The third kappa shape index (κ3) is 3.09. The second kappa shape index (κ2) is 6.41. The standard InChI is InChI=1S/C17H14BrFN4O/c18-14-6-11(3-4-15(14)19)8-23-9-13(10-23)17-21-16(22-24-17)12-2-1-5-20-7-12/h1-7,13H,8-10H2. The first-order chi connectivity index (χ1) is 11.7. The molecule has 7 heteroatoms. The third-order valence-corrected chi connectivity index (χ3v) is 4.67. The summed E-state index contributed by atoms with van der Waals surface area (Å²) < 4.78 is 19.1. The summed E-state index contributed by atoms with van der Waals surface area (Å²) in [6, 6.07) is 8.85. The van der Waals surface area contributed by atoms with Gasteiger partial charge in [0.05, 0.1) is 10.4 Å². The van der Waals surface area contributed by atoms with Gasteiger partial charge in [-0.05, 0) is 45.8 Å². The predicted molar refractivity (Wildman–Crippen MR) is 89.6 cm³/mol. The van der Waals surface area contributed by atoms with Gasteiger partial charge in [-0.1, -0.05) is 11.2 Å². The van der Waals surface area contributed by atoms with E-state index in [2.05, 4.69) is 36.0 Å². The Kier molecular flexibility index (Phi) is 4.12. The molecule has 1 aromatic carbocycles. The molecule has 0 radical (unpaired) electrons. The first-order valence-corrected chi connectivity index (χ1v) is 8.38. The van der Waals surface area contributed by atoms with Crippen LogP contribution in [-0.2, 0) is 6.54 Å². The highest BCUT2D eigenvalue weighted by molar-refractivity contribution is 9.10. The van der Waals surface area contributed by atoms with E-state index in [0.717, 1.165) is 30.8 Å². The Labute approximate surface area is 146 Å². The number of halogens is 2. The van der Waals surface area contributed by atoms with Gasteiger partial charge in [-0.15, -0.1) is 0 Å². The van der Waals surface area contributed by atoms with Gasteiger partial charge in [-0.25, -0.2) is 4.39 Å². The number of hydrogen-bond donors (Lipinski definition) is 0. The number of pyridine rings is 1. The van der Waals surface area contributed by atoms with E-state index in [0.29, 0.717) is 16.2 Å². The molecule has 5 nitrogen and oxygen atoms in total. The molecule has 0 atom stereocenters. The molecule has 0 bridgehead atoms. The van der Waals surface area contributed by atoms with Gasteiger partial charge in [0, 0.05) is 37.6 Å². The summed E-state index contributed by atoms with van der Waals surface area (Å²) in [5, 5.41) is 4.03. The second-order valence-electron chi connectivity index (χ2n) is 5.84. The van der Waals surface area contributed by atoms with Gasteiger partial charge >= 0.3 is 0 Å². The van der Waals surface area contributed by atoms with Crippen LogP contribution in [0.15, 0.2) is 51.7 Å². The summed E-state index contributed by atoms with van der Waals surface area (Å²) in [4.78, 5) is 10.8. The Hall–Kier alpha value is -2.12. The van der Waals surface area contributed by atoms with Crippen LogP contribution in [-0.4, -0.2) is 33.1 Å². The number of likely N-dealkylation sites (tertiary alicyclic amines) is 1. The molecule has 0 amide bonds. The summed E-state index contributed by atoms with van der Waals surface area (Å²) in [5.74, 6) is 1.23. The van der Waals surface area contributed by atoms with Crippen LogP contribution < -0.4 is 0 Å². The van der Waals surface area contributed by atoms with Gasteiger partial charge in [-0.2, -0.15) is 4.98 Å². The smallest absolute Gasteiger partial charge is 0.232 e. The average Bonchev–Trinajstić information content (AvgIpc) is 3.04. The molecule has 1 saturated heterocycles. The van der Waals surface area contributed by atoms with Crippen LogP contribution in [0, 0.1) is 5.82 Å². The maximum atomic E-state index is 13.3. The molecule has 0 unspecified atom stereocenters. The molecular formula is C17H14BrFN4O. The average molecular weight is 389 g/mol. The van der Waals surface area contributed by atoms with Crippen LogP contribution in [0.3, 0.4) is 0 Å². The second-order valence-corrected chi connectivity index (χ2v) is 6.69. The molecule has 3 heterocycles. The lowest BCUT2D eigenvalue weighted by Gasteiger charge is -2.37. The lowest BCUT2D eigenvalue weighted by molar-refractivity contribution is 0.117. The molecule has 1 fully saturated rings. The molecule has 1 aliphatic heterocycles. The van der Waals surface area contributed by atoms with Gasteiger partial charge < -0.3 is 4.52 Å². The van der Waals surface area contributed by atoms with E-state index in [9.17, 15) is 4.39 Å². The van der Waals surface area contributed by atoms with Crippen LogP contribution in [0.4, 0.5) is 4.39 Å². The van der Waals surface area contributed by atoms with E-state index in [1.165, 1.54) is 6.07 Å². The van der Waals surface area contributed by atoms with E-state index in [1.54, 1.807) is 18.5 Å². The maximum Gasteiger partial charge on any atom is 0.232 e. The Bertz CT molecular complexity index is 849. The Balaban J connectivity index is 1.37. The van der Waals surface area contributed by atoms with Crippen molar-refractivity contribution in [2.24, 2.45) is 0 Å². The number of aromatic nitrogens is 3. The number of hydrogen-bond acceptors (Lipinski definition) is 5. The van der Waals surface area contributed by atoms with Gasteiger partial charge in [0.25, 0.3) is 0 Å². The largest absolute Gasteiger partial charge is 0.339 e. The molecule has 122 valence electrons. The van der Waals surface area contributed by atoms with Crippen molar-refractivity contribution in [1.82, 2.24) is 20.0 Å². The molecule has 1 aliphatic rings. The van der Waals surface area contributed by atoms with Gasteiger partial charge in [0.15, 0.2) is 0 Å². The fourth-order valence-electron chi connectivity index (χ4n) is 2.76. The minimum absolute atomic E-state index is 0.242. The van der Waals surface area contributed by atoms with E-state index >= 15 is 0 Å². The zero-order valence-electron chi connectivity index (χ0n) is 12.7. The fourth-order valence-corrected chi connectivity index (χ4v) is 3.19. The van der Waals surface area contributed by atoms with Gasteiger partial charge in [-0.3, -0.25) is 9.88 Å². The van der Waals surface area contributed by atoms with Crippen molar-refractivity contribution < 1.29 is 8.91 Å². The van der Waals surface area contributed by atoms with Crippen LogP contribution in [0.25, 0.3) is 11.4 Å². The van der Waals surface area contributed by atoms with Crippen molar-refractivity contribution >= 4 is 15.9 Å². The van der Waals surface area contributed by atoms with Crippen molar-refractivity contribution in [3.8, 4) is 11.4 Å². The molecule has 0 N–H and O–H groups in total. The highest BCUT2D eigenvalue weighted by Gasteiger charge is 2.32. The highest BCUT2D eigenvalue weighted by atomic mass is 79.9. The van der Waals surface area contributed by atoms with E-state index in [-0.39, 0.29) is 11.7 Å². The minimum Gasteiger partial charge on any atom is -0.339 e. The van der Waals surface area contributed by atoms with Gasteiger partial charge in [0.1, 0.15) is 5.82 Å². The van der Waals surface area contributed by atoms with Crippen molar-refractivity contribution in [2.75, 3.05) is 13.1 Å². The van der Waals surface area contributed by atoms with Crippen LogP contribution in [0.5, 0.6) is 0 Å². The molecular weight excluding hydrogens is 375 g/mol. The molecule has 2 aromatic heterocycles. The zero-order chi connectivity index (χ0) is 16.5. The first kappa shape index (κ1) is 15.4. The van der Waals surface area contributed by atoms with Crippen molar-refractivity contribution in [2.45, 2.75) is 12.5 Å².